The molecule has 10 heteroatoms. The molecule has 0 rings (SSSR count). The number of nitrogens with zero attached hydrogens (tertiary/aromatic N) is 4. The lowest BCUT2D eigenvalue weighted by Gasteiger charge is -2.04. The summed E-state index contributed by atoms with van der Waals surface area (Å²) in [4.78, 5) is 31.1. The smallest absolute Gasteiger partial charge is 0.318 e. The molecule has 96 valence electrons. The first kappa shape index (κ1) is 14.7. The molecule has 17 heavy (non-hydrogen) atoms. The number of primary amides is 1. The quantitative estimate of drug-likeness (QED) is 0.277. The van der Waals surface area contributed by atoms with Gasteiger partial charge in [-0.3, -0.25) is 10.1 Å². The highest BCUT2D eigenvalue weighted by Gasteiger charge is 2.05. The Labute approximate surface area is 96.9 Å². The predicted molar refractivity (Wildman–Crippen MR) is 56.1 cm³/mol. The van der Waals surface area contributed by atoms with E-state index in [1.54, 1.807) is 0 Å². The van der Waals surface area contributed by atoms with E-state index in [-0.39, 0.29) is 6.42 Å². The molecule has 0 aliphatic rings. The van der Waals surface area contributed by atoms with Crippen LogP contribution < -0.4 is 11.1 Å². The number of rotatable bonds is 7. The highest BCUT2D eigenvalue weighted by molar-refractivity contribution is 5.93. The average Bonchev–Trinajstić information content (AvgIpc) is 2.20. The Bertz CT molecular complexity index is 317. The van der Waals surface area contributed by atoms with Crippen molar-refractivity contribution in [3.8, 4) is 0 Å². The number of carbonyl (C=O) groups excluding carboxylic acids is 2. The first-order valence-corrected chi connectivity index (χ1v) is 4.78. The molecule has 0 aromatic carbocycles. The van der Waals surface area contributed by atoms with Crippen LogP contribution in [0.3, 0.4) is 0 Å². The first-order chi connectivity index (χ1) is 7.91. The zero-order valence-electron chi connectivity index (χ0n) is 9.33. The van der Waals surface area contributed by atoms with Crippen LogP contribution in [0.4, 0.5) is 4.79 Å². The van der Waals surface area contributed by atoms with Crippen LogP contribution in [0.2, 0.25) is 0 Å². The Morgan fingerprint density at radius 1 is 1.47 bits per heavy atom. The minimum atomic E-state index is -0.906. The molecule has 0 aliphatic carbocycles. The zero-order valence-corrected chi connectivity index (χ0v) is 9.33. The van der Waals surface area contributed by atoms with Gasteiger partial charge in [0.15, 0.2) is 5.22 Å². The van der Waals surface area contributed by atoms with Crippen LogP contribution in [0.15, 0.2) is 10.4 Å². The van der Waals surface area contributed by atoms with E-state index in [1.165, 1.54) is 12.1 Å². The number of imide groups is 1. The van der Waals surface area contributed by atoms with Gasteiger partial charge in [0.1, 0.15) is 0 Å². The number of amides is 3. The molecule has 0 aliphatic heterocycles. The molecule has 0 bridgehead atoms. The van der Waals surface area contributed by atoms with Crippen molar-refractivity contribution in [2.75, 3.05) is 13.6 Å². The topological polar surface area (TPSA) is 143 Å². The second kappa shape index (κ2) is 7.96. The minimum absolute atomic E-state index is 0.156. The second-order valence-corrected chi connectivity index (χ2v) is 3.17. The number of hydrogen-bond acceptors (Lipinski definition) is 5. The summed E-state index contributed by atoms with van der Waals surface area (Å²) in [7, 11) is 1.52. The third-order valence-corrected chi connectivity index (χ3v) is 1.66. The van der Waals surface area contributed by atoms with E-state index < -0.39 is 17.0 Å². The summed E-state index contributed by atoms with van der Waals surface area (Å²) in [6.07, 6.45) is 1.25. The number of urea groups is 1. The molecule has 3 N–H and O–H groups in total. The van der Waals surface area contributed by atoms with Gasteiger partial charge in [0.2, 0.25) is 11.1 Å². The van der Waals surface area contributed by atoms with Gasteiger partial charge in [-0.2, -0.15) is 5.01 Å². The van der Waals surface area contributed by atoms with E-state index in [4.69, 9.17) is 5.73 Å². The predicted octanol–water partition coefficient (Wildman–Crippen LogP) is -0.158. The largest absolute Gasteiger partial charge is 0.351 e. The summed E-state index contributed by atoms with van der Waals surface area (Å²) >= 11 is 0. The summed E-state index contributed by atoms with van der Waals surface area (Å²) in [6, 6.07) is -0.882. The molecule has 0 aromatic heterocycles. The molecule has 0 unspecified atom stereocenters. The van der Waals surface area contributed by atoms with E-state index in [9.17, 15) is 19.7 Å². The lowest BCUT2D eigenvalue weighted by atomic mass is 10.2. The molecular weight excluding hydrogens is 232 g/mol. The average molecular weight is 246 g/mol. The number of unbranched alkanes of at least 4 members (excludes halogenated alkanes) is 1. The van der Waals surface area contributed by atoms with Gasteiger partial charge in [0.25, 0.3) is 0 Å². The molecule has 0 heterocycles. The lowest BCUT2D eigenvalue weighted by molar-refractivity contribution is -0.496. The van der Waals surface area contributed by atoms with Gasteiger partial charge in [0.05, 0.1) is 11.6 Å². The summed E-state index contributed by atoms with van der Waals surface area (Å²) in [5.41, 5.74) is 4.74. The van der Waals surface area contributed by atoms with Crippen LogP contribution in [0.5, 0.6) is 0 Å². The van der Waals surface area contributed by atoms with Gasteiger partial charge in [-0.05, 0) is 12.8 Å². The van der Waals surface area contributed by atoms with Crippen molar-refractivity contribution in [3.05, 3.63) is 10.1 Å². The Balaban J connectivity index is 3.60. The second-order valence-electron chi connectivity index (χ2n) is 3.17. The van der Waals surface area contributed by atoms with Crippen LogP contribution in [-0.4, -0.2) is 35.6 Å². The Morgan fingerprint density at radius 3 is 2.65 bits per heavy atom. The van der Waals surface area contributed by atoms with Crippen molar-refractivity contribution in [1.82, 2.24) is 10.3 Å². The van der Waals surface area contributed by atoms with Crippen molar-refractivity contribution < 1.29 is 14.6 Å². The molecule has 0 atom stereocenters. The summed E-state index contributed by atoms with van der Waals surface area (Å²) in [6.45, 7) is 0.418. The van der Waals surface area contributed by atoms with Crippen molar-refractivity contribution in [1.29, 1.82) is 0 Å². The van der Waals surface area contributed by atoms with Gasteiger partial charge in [0, 0.05) is 13.5 Å². The van der Waals surface area contributed by atoms with E-state index >= 15 is 0 Å². The molecular formula is C7H14N6O4. The molecule has 0 fully saturated rings. The highest BCUT2D eigenvalue weighted by Crippen LogP contribution is 1.98. The number of hydrogen-bond donors (Lipinski definition) is 2. The fourth-order valence-electron chi connectivity index (χ4n) is 0.972. The maximum atomic E-state index is 11.0. The van der Waals surface area contributed by atoms with Gasteiger partial charge in [-0.15, -0.1) is 0 Å². The van der Waals surface area contributed by atoms with Gasteiger partial charge in [-0.25, -0.2) is 4.79 Å². The van der Waals surface area contributed by atoms with Gasteiger partial charge in [-0.1, -0.05) is 0 Å². The fraction of sp³-hybridized carbons (Fsp3) is 0.714. The molecule has 0 radical (unpaired) electrons. The number of nitrogens with one attached hydrogen (secondary N) is 1. The van der Waals surface area contributed by atoms with Gasteiger partial charge < -0.3 is 15.8 Å². The normalized spacial score (nSPS) is 10.2. The highest BCUT2D eigenvalue weighted by atomic mass is 16.7. The van der Waals surface area contributed by atoms with E-state index in [1.807, 2.05) is 5.32 Å². The van der Waals surface area contributed by atoms with Crippen LogP contribution in [0, 0.1) is 10.1 Å². The Morgan fingerprint density at radius 2 is 2.12 bits per heavy atom. The molecule has 0 spiro atoms. The molecule has 0 aromatic rings. The molecule has 0 saturated carbocycles. The first-order valence-electron chi connectivity index (χ1n) is 4.78. The maximum Gasteiger partial charge on any atom is 0.318 e. The summed E-state index contributed by atoms with van der Waals surface area (Å²) < 4.78 is 0. The van der Waals surface area contributed by atoms with Crippen LogP contribution in [0.1, 0.15) is 19.3 Å². The van der Waals surface area contributed by atoms with Crippen LogP contribution in [-0.2, 0) is 4.79 Å². The zero-order chi connectivity index (χ0) is 13.3. The molecule has 0 saturated heterocycles. The van der Waals surface area contributed by atoms with Crippen molar-refractivity contribution >= 4 is 11.9 Å². The van der Waals surface area contributed by atoms with E-state index in [2.05, 4.69) is 10.4 Å². The van der Waals surface area contributed by atoms with E-state index in [0.717, 1.165) is 0 Å². The summed E-state index contributed by atoms with van der Waals surface area (Å²) in [5.74, 6) is -0.452. The third kappa shape index (κ3) is 10.0. The number of carbonyl (C=O) groups is 2. The molecule has 10 nitrogen and oxygen atoms in total. The number of nitro groups is 1. The number of nitrogens with two attached hydrogens (primary N) is 1. The monoisotopic (exact) mass is 246 g/mol. The fourth-order valence-corrected chi connectivity index (χ4v) is 0.972. The van der Waals surface area contributed by atoms with E-state index in [0.29, 0.717) is 19.4 Å². The lowest BCUT2D eigenvalue weighted by Crippen LogP contribution is -2.34. The Hall–Kier alpha value is -2.26. The van der Waals surface area contributed by atoms with Crippen molar-refractivity contribution in [2.24, 2.45) is 16.2 Å². The third-order valence-electron chi connectivity index (χ3n) is 1.66. The standard InChI is InChI=1S/C7H14N6O4/c1-12(10-11-13(16)17)5-3-2-4-6(14)9-7(8)15/h2-5H2,1H3,(H3,8,9,14,15). The maximum absolute atomic E-state index is 11.0. The Kier molecular flexibility index (Phi) is 6.90. The molecule has 3 amide bonds. The summed E-state index contributed by atoms with van der Waals surface area (Å²) in [5, 5.41) is 18.1. The SMILES string of the molecule is CN(CCCCC(=O)NC(N)=O)N=N[N+](=O)[O-]. The van der Waals surface area contributed by atoms with Crippen LogP contribution in [0.25, 0.3) is 0 Å². The van der Waals surface area contributed by atoms with Crippen molar-refractivity contribution in [2.45, 2.75) is 19.3 Å². The van der Waals surface area contributed by atoms with Crippen LogP contribution >= 0.6 is 0 Å². The van der Waals surface area contributed by atoms with Crippen molar-refractivity contribution in [3.63, 3.8) is 0 Å². The minimum Gasteiger partial charge on any atom is -0.351 e. The van der Waals surface area contributed by atoms with Gasteiger partial charge >= 0.3 is 6.03 Å².